The van der Waals surface area contributed by atoms with Gasteiger partial charge >= 0.3 is 0 Å². The summed E-state index contributed by atoms with van der Waals surface area (Å²) in [6, 6.07) is 12.1. The minimum Gasteiger partial charge on any atom is -0.394 e. The summed E-state index contributed by atoms with van der Waals surface area (Å²) in [5, 5.41) is 19.0. The lowest BCUT2D eigenvalue weighted by Gasteiger charge is -2.06. The number of nitrogens with zero attached hydrogens (tertiary/aromatic N) is 1. The van der Waals surface area contributed by atoms with Gasteiger partial charge in [0.15, 0.2) is 0 Å². The van der Waals surface area contributed by atoms with Gasteiger partial charge in [-0.3, -0.25) is 4.98 Å². The first kappa shape index (κ1) is 12.4. The molecule has 2 N–H and O–H groups in total. The zero-order chi connectivity index (χ0) is 12.1. The molecule has 0 radical (unpaired) electrons. The average molecular weight is 249 g/mol. The minimum absolute atomic E-state index is 0.182. The largest absolute Gasteiger partial charge is 0.394 e. The van der Waals surface area contributed by atoms with Crippen molar-refractivity contribution >= 4 is 22.7 Å². The summed E-state index contributed by atoms with van der Waals surface area (Å²) in [7, 11) is 0. The molecule has 2 aromatic rings. The maximum absolute atomic E-state index is 9.22. The topological polar surface area (TPSA) is 53.4 Å². The molecule has 1 aromatic carbocycles. The molecule has 0 amide bonds. The van der Waals surface area contributed by atoms with E-state index in [4.69, 9.17) is 5.11 Å². The third kappa shape index (κ3) is 3.43. The Labute approximate surface area is 105 Å². The maximum atomic E-state index is 9.22. The Kier molecular flexibility index (Phi) is 4.36. The number of aliphatic hydroxyl groups excluding tert-OH is 2. The van der Waals surface area contributed by atoms with Gasteiger partial charge in [0.1, 0.15) is 0 Å². The highest BCUT2D eigenvalue weighted by Crippen LogP contribution is 2.16. The first-order chi connectivity index (χ1) is 8.29. The summed E-state index contributed by atoms with van der Waals surface area (Å²) < 4.78 is 0. The molecule has 0 unspecified atom stereocenters. The fourth-order valence-corrected chi connectivity index (χ4v) is 2.41. The summed E-state index contributed by atoms with van der Waals surface area (Å²) in [5.74, 6) is 1.28. The third-order valence-corrected chi connectivity index (χ3v) is 3.55. The Hall–Kier alpha value is -1.10. The molecule has 0 aliphatic heterocycles. The third-order valence-electron chi connectivity index (χ3n) is 2.43. The highest BCUT2D eigenvalue weighted by Gasteiger charge is 2.03. The lowest BCUT2D eigenvalue weighted by atomic mass is 10.2. The molecule has 0 fully saturated rings. The van der Waals surface area contributed by atoms with Crippen LogP contribution in [-0.4, -0.2) is 33.7 Å². The van der Waals surface area contributed by atoms with Crippen LogP contribution < -0.4 is 0 Å². The Morgan fingerprint density at radius 2 is 2.00 bits per heavy atom. The molecule has 3 nitrogen and oxygen atoms in total. The predicted octanol–water partition coefficient (Wildman–Crippen LogP) is 1.82. The van der Waals surface area contributed by atoms with E-state index in [0.717, 1.165) is 22.3 Å². The number of aromatic nitrogens is 1. The van der Waals surface area contributed by atoms with Crippen molar-refractivity contribution in [3.8, 4) is 0 Å². The van der Waals surface area contributed by atoms with Crippen molar-refractivity contribution in [1.29, 1.82) is 0 Å². The summed E-state index contributed by atoms with van der Waals surface area (Å²) in [5.41, 5.74) is 1.99. The average Bonchev–Trinajstić information content (AvgIpc) is 2.38. The smallest absolute Gasteiger partial charge is 0.0861 e. The van der Waals surface area contributed by atoms with Crippen molar-refractivity contribution in [2.24, 2.45) is 0 Å². The van der Waals surface area contributed by atoms with Crippen molar-refractivity contribution in [3.05, 3.63) is 42.1 Å². The standard InChI is InChI=1S/C13H15NO2S/c15-7-12(16)9-17-8-11-6-5-10-3-1-2-4-13(10)14-11/h1-6,12,15-16H,7-9H2/t12-/m1/s1. The number of pyridine rings is 1. The highest BCUT2D eigenvalue weighted by atomic mass is 32.2. The van der Waals surface area contributed by atoms with Crippen LogP contribution in [0.15, 0.2) is 36.4 Å². The second-order valence-electron chi connectivity index (χ2n) is 3.85. The number of fused-ring (bicyclic) bond motifs is 1. The summed E-state index contributed by atoms with van der Waals surface area (Å²) >= 11 is 1.58. The van der Waals surface area contributed by atoms with Gasteiger partial charge in [0, 0.05) is 16.9 Å². The van der Waals surface area contributed by atoms with E-state index in [1.54, 1.807) is 11.8 Å². The number of benzene rings is 1. The molecule has 1 atom stereocenters. The number of hydrogen-bond acceptors (Lipinski definition) is 4. The van der Waals surface area contributed by atoms with Crippen LogP contribution in [0.5, 0.6) is 0 Å². The molecule has 90 valence electrons. The first-order valence-corrected chi connectivity index (χ1v) is 6.66. The summed E-state index contributed by atoms with van der Waals surface area (Å²) in [4.78, 5) is 4.53. The Morgan fingerprint density at radius 1 is 1.18 bits per heavy atom. The Balaban J connectivity index is 1.99. The van der Waals surface area contributed by atoms with Crippen molar-refractivity contribution in [2.75, 3.05) is 12.4 Å². The molecule has 4 heteroatoms. The number of hydrogen-bond donors (Lipinski definition) is 2. The van der Waals surface area contributed by atoms with Gasteiger partial charge in [-0.05, 0) is 12.1 Å². The maximum Gasteiger partial charge on any atom is 0.0861 e. The molecule has 2 rings (SSSR count). The van der Waals surface area contributed by atoms with Crippen molar-refractivity contribution in [3.63, 3.8) is 0 Å². The van der Waals surface area contributed by atoms with Gasteiger partial charge in [0.2, 0.25) is 0 Å². The van der Waals surface area contributed by atoms with Crippen LogP contribution in [0.3, 0.4) is 0 Å². The van der Waals surface area contributed by atoms with Crippen molar-refractivity contribution in [1.82, 2.24) is 4.98 Å². The van der Waals surface area contributed by atoms with E-state index in [1.807, 2.05) is 30.3 Å². The van der Waals surface area contributed by atoms with Crippen LogP contribution in [0, 0.1) is 0 Å². The Bertz CT molecular complexity index is 490. The monoisotopic (exact) mass is 249 g/mol. The van der Waals surface area contributed by atoms with Crippen LogP contribution in [0.2, 0.25) is 0 Å². The minimum atomic E-state index is -0.638. The second-order valence-corrected chi connectivity index (χ2v) is 4.88. The highest BCUT2D eigenvalue weighted by molar-refractivity contribution is 7.98. The molecule has 0 saturated carbocycles. The molecule has 0 saturated heterocycles. The van der Waals surface area contributed by atoms with Gasteiger partial charge in [0.25, 0.3) is 0 Å². The zero-order valence-corrected chi connectivity index (χ0v) is 10.2. The van der Waals surface area contributed by atoms with E-state index in [9.17, 15) is 5.11 Å². The molecule has 0 aliphatic carbocycles. The van der Waals surface area contributed by atoms with Gasteiger partial charge in [-0.1, -0.05) is 24.3 Å². The SMILES string of the molecule is OC[C@@H](O)CSCc1ccc2ccccc2n1. The van der Waals surface area contributed by atoms with E-state index in [-0.39, 0.29) is 6.61 Å². The normalized spacial score (nSPS) is 12.8. The van der Waals surface area contributed by atoms with Crippen molar-refractivity contribution in [2.45, 2.75) is 11.9 Å². The zero-order valence-electron chi connectivity index (χ0n) is 9.41. The van der Waals surface area contributed by atoms with E-state index < -0.39 is 6.10 Å². The number of para-hydroxylation sites is 1. The van der Waals surface area contributed by atoms with E-state index in [0.29, 0.717) is 5.75 Å². The quantitative estimate of drug-likeness (QED) is 0.848. The van der Waals surface area contributed by atoms with Gasteiger partial charge in [-0.15, -0.1) is 0 Å². The van der Waals surface area contributed by atoms with Gasteiger partial charge in [-0.2, -0.15) is 11.8 Å². The lowest BCUT2D eigenvalue weighted by Crippen LogP contribution is -2.14. The Morgan fingerprint density at radius 3 is 2.82 bits per heavy atom. The predicted molar refractivity (Wildman–Crippen MR) is 71.0 cm³/mol. The molecular formula is C13H15NO2S. The van der Waals surface area contributed by atoms with E-state index in [2.05, 4.69) is 11.1 Å². The van der Waals surface area contributed by atoms with Crippen LogP contribution in [0.1, 0.15) is 5.69 Å². The van der Waals surface area contributed by atoms with Crippen LogP contribution in [0.4, 0.5) is 0 Å². The fourth-order valence-electron chi connectivity index (χ4n) is 1.54. The number of aliphatic hydroxyl groups is 2. The number of rotatable bonds is 5. The summed E-state index contributed by atoms with van der Waals surface area (Å²) in [6.07, 6.45) is -0.638. The van der Waals surface area contributed by atoms with Crippen LogP contribution in [0.25, 0.3) is 10.9 Å². The van der Waals surface area contributed by atoms with Gasteiger partial charge in [-0.25, -0.2) is 0 Å². The summed E-state index contributed by atoms with van der Waals surface area (Å²) in [6.45, 7) is -0.182. The molecular weight excluding hydrogens is 234 g/mol. The molecule has 1 heterocycles. The van der Waals surface area contributed by atoms with Gasteiger partial charge < -0.3 is 10.2 Å². The first-order valence-electron chi connectivity index (χ1n) is 5.51. The molecule has 1 aromatic heterocycles. The van der Waals surface area contributed by atoms with Gasteiger partial charge in [0.05, 0.1) is 23.9 Å². The molecule has 0 spiro atoms. The van der Waals surface area contributed by atoms with Crippen molar-refractivity contribution < 1.29 is 10.2 Å². The fraction of sp³-hybridized carbons (Fsp3) is 0.308. The number of thioether (sulfide) groups is 1. The molecule has 0 aliphatic rings. The molecule has 0 bridgehead atoms. The second kappa shape index (κ2) is 6.00. The van der Waals surface area contributed by atoms with Crippen LogP contribution >= 0.6 is 11.8 Å². The van der Waals surface area contributed by atoms with E-state index in [1.165, 1.54) is 0 Å². The van der Waals surface area contributed by atoms with E-state index >= 15 is 0 Å². The lowest BCUT2D eigenvalue weighted by molar-refractivity contribution is 0.113. The molecule has 17 heavy (non-hydrogen) atoms. The van der Waals surface area contributed by atoms with Crippen LogP contribution in [-0.2, 0) is 5.75 Å².